The summed E-state index contributed by atoms with van der Waals surface area (Å²) in [6.45, 7) is 0. The Balaban J connectivity index is 2.05. The lowest BCUT2D eigenvalue weighted by molar-refractivity contribution is 0.549. The fraction of sp³-hybridized carbons (Fsp3) is 0.286. The van der Waals surface area contributed by atoms with E-state index in [0.717, 1.165) is 21.4 Å². The second kappa shape index (κ2) is 6.89. The highest BCUT2D eigenvalue weighted by molar-refractivity contribution is 14.1. The van der Waals surface area contributed by atoms with Gasteiger partial charge >= 0.3 is 0 Å². The van der Waals surface area contributed by atoms with Gasteiger partial charge in [-0.25, -0.2) is 0 Å². The van der Waals surface area contributed by atoms with Crippen molar-refractivity contribution in [1.82, 2.24) is 5.32 Å². The molecule has 0 spiro atoms. The molecule has 96 valence electrons. The first-order valence-corrected chi connectivity index (χ1v) is 8.24. The number of halogens is 2. The van der Waals surface area contributed by atoms with Crippen LogP contribution in [0.15, 0.2) is 35.0 Å². The van der Waals surface area contributed by atoms with Crippen LogP contribution in [0.2, 0.25) is 5.02 Å². The smallest absolute Gasteiger partial charge is 0.0542 e. The Labute approximate surface area is 131 Å². The summed E-state index contributed by atoms with van der Waals surface area (Å²) in [4.78, 5) is 0. The maximum Gasteiger partial charge on any atom is 0.0542 e. The van der Waals surface area contributed by atoms with Crippen molar-refractivity contribution in [2.45, 2.75) is 18.9 Å². The molecule has 1 unspecified atom stereocenters. The normalized spacial score (nSPS) is 12.6. The van der Waals surface area contributed by atoms with E-state index in [2.05, 4.69) is 62.9 Å². The topological polar surface area (TPSA) is 12.0 Å². The Kier molecular flexibility index (Phi) is 5.48. The molecule has 0 aliphatic rings. The average molecular weight is 392 g/mol. The van der Waals surface area contributed by atoms with Gasteiger partial charge < -0.3 is 5.32 Å². The summed E-state index contributed by atoms with van der Waals surface area (Å²) in [7, 11) is 2.00. The maximum atomic E-state index is 6.18. The Morgan fingerprint density at radius 1 is 1.39 bits per heavy atom. The predicted octanol–water partition coefficient (Wildman–Crippen LogP) is 4.90. The lowest BCUT2D eigenvalue weighted by atomic mass is 10.0. The molecule has 1 atom stereocenters. The predicted molar refractivity (Wildman–Crippen MR) is 88.6 cm³/mol. The van der Waals surface area contributed by atoms with E-state index in [4.69, 9.17) is 11.6 Å². The number of aryl methyl sites for hydroxylation is 1. The highest BCUT2D eigenvalue weighted by Crippen LogP contribution is 2.25. The van der Waals surface area contributed by atoms with Crippen LogP contribution in [0.3, 0.4) is 0 Å². The molecule has 0 saturated heterocycles. The number of hydrogen-bond acceptors (Lipinski definition) is 2. The fourth-order valence-corrected chi connectivity index (χ4v) is 3.18. The minimum absolute atomic E-state index is 0.361. The van der Waals surface area contributed by atoms with Crippen molar-refractivity contribution < 1.29 is 0 Å². The molecule has 0 aliphatic carbocycles. The van der Waals surface area contributed by atoms with E-state index in [9.17, 15) is 0 Å². The second-order valence-electron chi connectivity index (χ2n) is 4.19. The number of nitrogens with one attached hydrogen (secondary N) is 1. The lowest BCUT2D eigenvalue weighted by Crippen LogP contribution is -2.17. The molecule has 0 amide bonds. The lowest BCUT2D eigenvalue weighted by Gasteiger charge is -2.17. The molecule has 1 N–H and O–H groups in total. The van der Waals surface area contributed by atoms with Crippen molar-refractivity contribution in [3.05, 3.63) is 54.7 Å². The molecule has 4 heteroatoms. The largest absolute Gasteiger partial charge is 0.313 e. The van der Waals surface area contributed by atoms with Crippen LogP contribution in [0.1, 0.15) is 23.6 Å². The van der Waals surface area contributed by atoms with Gasteiger partial charge in [-0.2, -0.15) is 11.3 Å². The summed E-state index contributed by atoms with van der Waals surface area (Å²) >= 11 is 10.2. The van der Waals surface area contributed by atoms with Crippen molar-refractivity contribution >= 4 is 45.5 Å². The number of rotatable bonds is 5. The summed E-state index contributed by atoms with van der Waals surface area (Å²) in [5.41, 5.74) is 2.68. The van der Waals surface area contributed by atoms with Gasteiger partial charge in [0.05, 0.1) is 5.02 Å². The summed E-state index contributed by atoms with van der Waals surface area (Å²) in [5.74, 6) is 0. The van der Waals surface area contributed by atoms with Crippen LogP contribution in [-0.2, 0) is 6.42 Å². The third kappa shape index (κ3) is 3.70. The first kappa shape index (κ1) is 14.3. The zero-order valence-electron chi connectivity index (χ0n) is 10.1. The molecule has 1 aromatic carbocycles. The Bertz CT molecular complexity index is 499. The zero-order valence-corrected chi connectivity index (χ0v) is 13.8. The Hall–Kier alpha value is -0.100. The zero-order chi connectivity index (χ0) is 13.0. The van der Waals surface area contributed by atoms with E-state index in [1.165, 1.54) is 11.1 Å². The van der Waals surface area contributed by atoms with Crippen molar-refractivity contribution in [2.24, 2.45) is 0 Å². The first-order chi connectivity index (χ1) is 8.70. The van der Waals surface area contributed by atoms with Crippen LogP contribution in [0, 0.1) is 3.57 Å². The van der Waals surface area contributed by atoms with E-state index < -0.39 is 0 Å². The molecule has 0 bridgehead atoms. The van der Waals surface area contributed by atoms with E-state index in [1.54, 1.807) is 11.3 Å². The van der Waals surface area contributed by atoms with Gasteiger partial charge in [0.25, 0.3) is 0 Å². The summed E-state index contributed by atoms with van der Waals surface area (Å²) < 4.78 is 1.10. The van der Waals surface area contributed by atoms with Crippen LogP contribution in [0.25, 0.3) is 0 Å². The van der Waals surface area contributed by atoms with Crippen molar-refractivity contribution in [1.29, 1.82) is 0 Å². The van der Waals surface area contributed by atoms with Crippen molar-refractivity contribution in [3.63, 3.8) is 0 Å². The second-order valence-corrected chi connectivity index (χ2v) is 6.53. The molecule has 0 fully saturated rings. The molecule has 0 aliphatic heterocycles. The van der Waals surface area contributed by atoms with Gasteiger partial charge in [-0.05, 0) is 82.6 Å². The highest BCUT2D eigenvalue weighted by Gasteiger charge is 2.11. The van der Waals surface area contributed by atoms with Crippen LogP contribution >= 0.6 is 45.5 Å². The van der Waals surface area contributed by atoms with Gasteiger partial charge in [0, 0.05) is 9.61 Å². The standard InChI is InChI=1S/C14H15ClINS/c1-17-14(5-2-10-6-7-18-9-10)11-3-4-13(16)12(15)8-11/h3-4,6-9,14,17H,2,5H2,1H3. The molecule has 18 heavy (non-hydrogen) atoms. The summed E-state index contributed by atoms with van der Waals surface area (Å²) in [6, 6.07) is 8.85. The van der Waals surface area contributed by atoms with Gasteiger partial charge in [-0.3, -0.25) is 0 Å². The molecule has 1 heterocycles. The van der Waals surface area contributed by atoms with Crippen LogP contribution in [-0.4, -0.2) is 7.05 Å². The van der Waals surface area contributed by atoms with E-state index in [-0.39, 0.29) is 0 Å². The van der Waals surface area contributed by atoms with Gasteiger partial charge in [-0.15, -0.1) is 0 Å². The molecule has 0 saturated carbocycles. The Morgan fingerprint density at radius 3 is 2.83 bits per heavy atom. The first-order valence-electron chi connectivity index (χ1n) is 5.84. The van der Waals surface area contributed by atoms with E-state index in [1.807, 2.05) is 7.05 Å². The molecular formula is C14H15ClINS. The van der Waals surface area contributed by atoms with Gasteiger partial charge in [0.2, 0.25) is 0 Å². The quantitative estimate of drug-likeness (QED) is 0.715. The van der Waals surface area contributed by atoms with Gasteiger partial charge in [-0.1, -0.05) is 17.7 Å². The molecular weight excluding hydrogens is 377 g/mol. The van der Waals surface area contributed by atoms with Crippen LogP contribution < -0.4 is 5.32 Å². The number of hydrogen-bond donors (Lipinski definition) is 1. The monoisotopic (exact) mass is 391 g/mol. The minimum Gasteiger partial charge on any atom is -0.313 e. The van der Waals surface area contributed by atoms with Crippen molar-refractivity contribution in [2.75, 3.05) is 7.05 Å². The molecule has 2 aromatic rings. The van der Waals surface area contributed by atoms with E-state index in [0.29, 0.717) is 6.04 Å². The average Bonchev–Trinajstić information content (AvgIpc) is 2.87. The molecule has 2 rings (SSSR count). The highest BCUT2D eigenvalue weighted by atomic mass is 127. The summed E-state index contributed by atoms with van der Waals surface area (Å²) in [6.07, 6.45) is 2.18. The van der Waals surface area contributed by atoms with Gasteiger partial charge in [0.15, 0.2) is 0 Å². The number of thiophene rings is 1. The molecule has 1 aromatic heterocycles. The molecule has 1 nitrogen and oxygen atoms in total. The number of benzene rings is 1. The third-order valence-electron chi connectivity index (χ3n) is 3.00. The Morgan fingerprint density at radius 2 is 2.22 bits per heavy atom. The van der Waals surface area contributed by atoms with Crippen LogP contribution in [0.4, 0.5) is 0 Å². The minimum atomic E-state index is 0.361. The van der Waals surface area contributed by atoms with Crippen LogP contribution in [0.5, 0.6) is 0 Å². The van der Waals surface area contributed by atoms with Gasteiger partial charge in [0.1, 0.15) is 0 Å². The third-order valence-corrected chi connectivity index (χ3v) is 5.30. The van der Waals surface area contributed by atoms with Crippen molar-refractivity contribution in [3.8, 4) is 0 Å². The fourth-order valence-electron chi connectivity index (χ4n) is 1.95. The molecule has 0 radical (unpaired) electrons. The SMILES string of the molecule is CNC(CCc1ccsc1)c1ccc(I)c(Cl)c1. The maximum absolute atomic E-state index is 6.18. The van der Waals surface area contributed by atoms with E-state index >= 15 is 0 Å². The summed E-state index contributed by atoms with van der Waals surface area (Å²) in [5, 5.41) is 8.55.